The minimum atomic E-state index is 0.780. The van der Waals surface area contributed by atoms with E-state index in [0.717, 1.165) is 5.02 Å². The molecule has 0 aromatic heterocycles. The summed E-state index contributed by atoms with van der Waals surface area (Å²) in [6.07, 6.45) is 0. The van der Waals surface area contributed by atoms with Crippen molar-refractivity contribution in [2.75, 3.05) is 0 Å². The van der Waals surface area contributed by atoms with Gasteiger partial charge in [-0.1, -0.05) is 41.9 Å². The summed E-state index contributed by atoms with van der Waals surface area (Å²) in [6.45, 7) is 0. The molecule has 0 saturated carbocycles. The van der Waals surface area contributed by atoms with Crippen LogP contribution in [0, 0.1) is 3.57 Å². The van der Waals surface area contributed by atoms with Crippen LogP contribution in [0.2, 0.25) is 5.02 Å². The van der Waals surface area contributed by atoms with E-state index in [1.54, 1.807) is 0 Å². The van der Waals surface area contributed by atoms with Crippen LogP contribution in [0.15, 0.2) is 48.5 Å². The fraction of sp³-hybridized carbons (Fsp3) is 0. The van der Waals surface area contributed by atoms with Gasteiger partial charge in [-0.15, -0.1) is 0 Å². The number of halogens is 2. The highest BCUT2D eigenvalue weighted by Crippen LogP contribution is 2.26. The first-order valence-corrected chi connectivity index (χ1v) is 5.73. The van der Waals surface area contributed by atoms with Gasteiger partial charge in [0.2, 0.25) is 0 Å². The van der Waals surface area contributed by atoms with Crippen LogP contribution in [0.3, 0.4) is 0 Å². The van der Waals surface area contributed by atoms with Crippen molar-refractivity contribution in [2.24, 2.45) is 0 Å². The van der Waals surface area contributed by atoms with Gasteiger partial charge in [0.15, 0.2) is 0 Å². The molecule has 0 N–H and O–H groups in total. The van der Waals surface area contributed by atoms with Crippen molar-refractivity contribution in [1.82, 2.24) is 0 Å². The van der Waals surface area contributed by atoms with Gasteiger partial charge < -0.3 is 0 Å². The number of benzene rings is 2. The van der Waals surface area contributed by atoms with E-state index >= 15 is 0 Å². The van der Waals surface area contributed by atoms with Crippen LogP contribution in [0.4, 0.5) is 0 Å². The second kappa shape index (κ2) is 4.32. The van der Waals surface area contributed by atoms with E-state index in [9.17, 15) is 0 Å². The van der Waals surface area contributed by atoms with E-state index in [4.69, 9.17) is 11.6 Å². The summed E-state index contributed by atoms with van der Waals surface area (Å²) in [6, 6.07) is 16.2. The molecule has 0 amide bonds. The first-order valence-electron chi connectivity index (χ1n) is 4.28. The molecule has 0 aliphatic heterocycles. The molecular formula is C12H8ClI. The Hall–Kier alpha value is -0.540. The molecule has 0 bridgehead atoms. The zero-order valence-corrected chi connectivity index (χ0v) is 10.3. The zero-order valence-electron chi connectivity index (χ0n) is 7.37. The summed E-state index contributed by atoms with van der Waals surface area (Å²) in [5.74, 6) is 0. The second-order valence-corrected chi connectivity index (χ2v) is 4.59. The number of rotatable bonds is 1. The second-order valence-electron chi connectivity index (χ2n) is 2.99. The van der Waals surface area contributed by atoms with E-state index in [1.807, 2.05) is 30.3 Å². The third-order valence-electron chi connectivity index (χ3n) is 2.01. The Balaban J connectivity index is 2.55. The van der Waals surface area contributed by atoms with Crippen molar-refractivity contribution >= 4 is 34.2 Å². The fourth-order valence-corrected chi connectivity index (χ4v) is 2.24. The molecular weight excluding hydrogens is 306 g/mol. The van der Waals surface area contributed by atoms with Gasteiger partial charge in [0.1, 0.15) is 0 Å². The van der Waals surface area contributed by atoms with Gasteiger partial charge in [0.05, 0.1) is 0 Å². The summed E-state index contributed by atoms with van der Waals surface area (Å²) < 4.78 is 1.24. The molecule has 0 spiro atoms. The van der Waals surface area contributed by atoms with Crippen molar-refractivity contribution < 1.29 is 0 Å². The van der Waals surface area contributed by atoms with Crippen LogP contribution in [0.1, 0.15) is 0 Å². The van der Waals surface area contributed by atoms with Gasteiger partial charge in [-0.2, -0.15) is 0 Å². The first-order chi connectivity index (χ1) is 6.77. The number of hydrogen-bond donors (Lipinski definition) is 0. The van der Waals surface area contributed by atoms with Gasteiger partial charge in [-0.3, -0.25) is 0 Å². The monoisotopic (exact) mass is 314 g/mol. The molecule has 70 valence electrons. The van der Waals surface area contributed by atoms with Gasteiger partial charge >= 0.3 is 0 Å². The zero-order chi connectivity index (χ0) is 9.97. The summed E-state index contributed by atoms with van der Waals surface area (Å²) in [5, 5.41) is 0.780. The van der Waals surface area contributed by atoms with E-state index in [1.165, 1.54) is 14.7 Å². The van der Waals surface area contributed by atoms with E-state index in [0.29, 0.717) is 0 Å². The third kappa shape index (κ3) is 2.10. The van der Waals surface area contributed by atoms with Crippen molar-refractivity contribution in [3.05, 3.63) is 57.1 Å². The molecule has 2 aromatic rings. The molecule has 0 radical (unpaired) electrons. The van der Waals surface area contributed by atoms with Gasteiger partial charge in [0.25, 0.3) is 0 Å². The van der Waals surface area contributed by atoms with Crippen molar-refractivity contribution in [2.45, 2.75) is 0 Å². The molecule has 14 heavy (non-hydrogen) atoms. The summed E-state index contributed by atoms with van der Waals surface area (Å²) in [4.78, 5) is 0. The maximum Gasteiger partial charge on any atom is 0.0412 e. The average molecular weight is 315 g/mol. The molecule has 0 atom stereocenters. The molecule has 0 aliphatic carbocycles. The maximum atomic E-state index is 5.94. The smallest absolute Gasteiger partial charge is 0.0412 e. The Morgan fingerprint density at radius 3 is 2.43 bits per heavy atom. The van der Waals surface area contributed by atoms with Crippen LogP contribution < -0.4 is 0 Å². The van der Waals surface area contributed by atoms with E-state index in [-0.39, 0.29) is 0 Å². The van der Waals surface area contributed by atoms with Crippen LogP contribution in [0.5, 0.6) is 0 Å². The van der Waals surface area contributed by atoms with Crippen LogP contribution in [-0.4, -0.2) is 0 Å². The van der Waals surface area contributed by atoms with Crippen molar-refractivity contribution in [3.63, 3.8) is 0 Å². The maximum absolute atomic E-state index is 5.94. The van der Waals surface area contributed by atoms with Gasteiger partial charge in [-0.05, 0) is 51.9 Å². The molecule has 0 fully saturated rings. The van der Waals surface area contributed by atoms with Gasteiger partial charge in [-0.25, -0.2) is 0 Å². The molecule has 0 saturated heterocycles. The predicted octanol–water partition coefficient (Wildman–Crippen LogP) is 4.61. The van der Waals surface area contributed by atoms with Gasteiger partial charge in [0, 0.05) is 8.59 Å². The molecule has 2 rings (SSSR count). The highest BCUT2D eigenvalue weighted by Gasteiger charge is 2.01. The highest BCUT2D eigenvalue weighted by atomic mass is 127. The first kappa shape index (κ1) is 9.99. The van der Waals surface area contributed by atoms with E-state index in [2.05, 4.69) is 40.8 Å². The fourth-order valence-electron chi connectivity index (χ4n) is 1.35. The Bertz CT molecular complexity index is 452. The normalized spacial score (nSPS) is 10.1. The topological polar surface area (TPSA) is 0 Å². The molecule has 0 aliphatic rings. The lowest BCUT2D eigenvalue weighted by Gasteiger charge is -2.04. The molecule has 0 heterocycles. The largest absolute Gasteiger partial charge is 0.0843 e. The lowest BCUT2D eigenvalue weighted by molar-refractivity contribution is 1.58. The highest BCUT2D eigenvalue weighted by molar-refractivity contribution is 14.1. The molecule has 0 unspecified atom stereocenters. The standard InChI is InChI=1S/C12H8ClI/c13-10-5-3-4-9(8-10)11-6-1-2-7-12(11)14/h1-8H. The van der Waals surface area contributed by atoms with Crippen LogP contribution in [-0.2, 0) is 0 Å². The van der Waals surface area contributed by atoms with Crippen LogP contribution >= 0.6 is 34.2 Å². The lowest BCUT2D eigenvalue weighted by atomic mass is 10.1. The predicted molar refractivity (Wildman–Crippen MR) is 69.6 cm³/mol. The minimum absolute atomic E-state index is 0.780. The Morgan fingerprint density at radius 2 is 1.71 bits per heavy atom. The lowest BCUT2D eigenvalue weighted by Crippen LogP contribution is -1.81. The van der Waals surface area contributed by atoms with Crippen molar-refractivity contribution in [1.29, 1.82) is 0 Å². The number of hydrogen-bond acceptors (Lipinski definition) is 0. The third-order valence-corrected chi connectivity index (χ3v) is 3.19. The molecule has 2 aromatic carbocycles. The summed E-state index contributed by atoms with van der Waals surface area (Å²) in [7, 11) is 0. The summed E-state index contributed by atoms with van der Waals surface area (Å²) >= 11 is 8.28. The Kier molecular flexibility index (Phi) is 3.08. The molecule has 0 nitrogen and oxygen atoms in total. The summed E-state index contributed by atoms with van der Waals surface area (Å²) in [5.41, 5.74) is 2.40. The van der Waals surface area contributed by atoms with E-state index < -0.39 is 0 Å². The SMILES string of the molecule is Clc1cccc(-c2ccccc2I)c1. The Morgan fingerprint density at radius 1 is 0.929 bits per heavy atom. The molecule has 2 heteroatoms. The van der Waals surface area contributed by atoms with Crippen LogP contribution in [0.25, 0.3) is 11.1 Å². The Labute approximate surface area is 102 Å². The minimum Gasteiger partial charge on any atom is -0.0843 e. The van der Waals surface area contributed by atoms with Crippen molar-refractivity contribution in [3.8, 4) is 11.1 Å². The quantitative estimate of drug-likeness (QED) is 0.674. The average Bonchev–Trinajstić information content (AvgIpc) is 2.18.